The van der Waals surface area contributed by atoms with Gasteiger partial charge in [-0.15, -0.1) is 0 Å². The summed E-state index contributed by atoms with van der Waals surface area (Å²) < 4.78 is 68.2. The zero-order valence-corrected chi connectivity index (χ0v) is 60.4. The van der Waals surface area contributed by atoms with Gasteiger partial charge in [-0.2, -0.15) is 0 Å². The Kier molecular flexibility index (Phi) is 61.9. The maximum absolute atomic E-state index is 13.0. The summed E-state index contributed by atoms with van der Waals surface area (Å²) in [6, 6.07) is 0. The number of esters is 4. The topological polar surface area (TPSA) is 237 Å². The van der Waals surface area contributed by atoms with Crippen molar-refractivity contribution in [3.63, 3.8) is 0 Å². The second kappa shape index (κ2) is 63.6. The predicted molar refractivity (Wildman–Crippen MR) is 367 cm³/mol. The van der Waals surface area contributed by atoms with Crippen LogP contribution in [0.5, 0.6) is 0 Å². The van der Waals surface area contributed by atoms with Crippen LogP contribution in [0.15, 0.2) is 24.3 Å². The van der Waals surface area contributed by atoms with E-state index in [9.17, 15) is 43.2 Å². The number of unbranched alkanes of at least 4 members (excludes halogenated alkanes) is 36. The first-order valence-electron chi connectivity index (χ1n) is 36.8. The lowest BCUT2D eigenvalue weighted by molar-refractivity contribution is -0.161. The maximum Gasteiger partial charge on any atom is 0.472 e. The monoisotopic (exact) mass is 1330 g/mol. The van der Waals surface area contributed by atoms with Crippen LogP contribution in [0.2, 0.25) is 0 Å². The molecule has 0 rings (SSSR count). The summed E-state index contributed by atoms with van der Waals surface area (Å²) in [6.45, 7) is 9.42. The van der Waals surface area contributed by atoms with Gasteiger partial charge in [0, 0.05) is 25.7 Å². The van der Waals surface area contributed by atoms with Crippen LogP contribution in [0, 0.1) is 11.8 Å². The highest BCUT2D eigenvalue weighted by atomic mass is 31.2. The molecule has 0 saturated heterocycles. The minimum atomic E-state index is -4.96. The van der Waals surface area contributed by atoms with Crippen molar-refractivity contribution in [1.82, 2.24) is 0 Å². The molecular formula is C72H136O17P2. The Morgan fingerprint density at radius 1 is 0.341 bits per heavy atom. The summed E-state index contributed by atoms with van der Waals surface area (Å²) >= 11 is 0. The van der Waals surface area contributed by atoms with E-state index in [4.69, 9.17) is 37.0 Å². The van der Waals surface area contributed by atoms with Gasteiger partial charge in [0.1, 0.15) is 19.3 Å². The van der Waals surface area contributed by atoms with Crippen LogP contribution in [-0.2, 0) is 65.4 Å². The molecule has 536 valence electrons. The van der Waals surface area contributed by atoms with E-state index in [-0.39, 0.29) is 25.7 Å². The first-order chi connectivity index (χ1) is 43.9. The molecule has 0 aromatic rings. The van der Waals surface area contributed by atoms with Crippen molar-refractivity contribution in [1.29, 1.82) is 0 Å². The van der Waals surface area contributed by atoms with Crippen LogP contribution >= 0.6 is 15.6 Å². The number of aliphatic hydroxyl groups is 1. The van der Waals surface area contributed by atoms with Gasteiger partial charge in [-0.05, 0) is 63.2 Å². The average molecular weight is 1340 g/mol. The van der Waals surface area contributed by atoms with Gasteiger partial charge in [0.15, 0.2) is 12.2 Å². The van der Waals surface area contributed by atoms with Crippen molar-refractivity contribution in [2.75, 3.05) is 39.6 Å². The molecular weight excluding hydrogens is 1200 g/mol. The minimum Gasteiger partial charge on any atom is -0.462 e. The normalized spacial score (nSPS) is 14.3. The number of rotatable bonds is 69. The predicted octanol–water partition coefficient (Wildman–Crippen LogP) is 20.3. The van der Waals surface area contributed by atoms with Crippen molar-refractivity contribution in [3.05, 3.63) is 24.3 Å². The van der Waals surface area contributed by atoms with Crippen LogP contribution in [0.3, 0.4) is 0 Å². The molecule has 0 aromatic heterocycles. The Labute approximate surface area is 554 Å². The molecule has 0 aliphatic heterocycles. The molecule has 0 spiro atoms. The Morgan fingerprint density at radius 3 is 0.901 bits per heavy atom. The van der Waals surface area contributed by atoms with Crippen molar-refractivity contribution in [3.8, 4) is 0 Å². The van der Waals surface area contributed by atoms with Gasteiger partial charge in [0.05, 0.1) is 26.4 Å². The van der Waals surface area contributed by atoms with Gasteiger partial charge in [-0.1, -0.05) is 291 Å². The molecule has 0 aliphatic rings. The third-order valence-electron chi connectivity index (χ3n) is 16.1. The SMILES string of the molecule is CCCCCC/C=C\C=C/CCCCCCCC(=O)OC[C@H](COP(=O)(O)OC[C@@H](O)COP(=O)(O)OC[C@@H](COC(=O)CCCCCCCCC(C)C)OC(=O)CCCCCCCCCCCC)OC(=O)CCCCCCCCCCCCCCCCC(C)C. The number of phosphoric ester groups is 2. The van der Waals surface area contributed by atoms with E-state index >= 15 is 0 Å². The summed E-state index contributed by atoms with van der Waals surface area (Å²) in [7, 11) is -9.91. The van der Waals surface area contributed by atoms with Crippen molar-refractivity contribution in [2.45, 2.75) is 362 Å². The Bertz CT molecular complexity index is 1860. The number of hydrogen-bond donors (Lipinski definition) is 3. The third kappa shape index (κ3) is 66.0. The maximum atomic E-state index is 13.0. The van der Waals surface area contributed by atoms with E-state index in [1.54, 1.807) is 0 Å². The molecule has 19 heteroatoms. The van der Waals surface area contributed by atoms with Crippen LogP contribution in [-0.4, -0.2) is 96.7 Å². The number of phosphoric acid groups is 2. The van der Waals surface area contributed by atoms with Crippen molar-refractivity contribution < 1.29 is 80.2 Å². The lowest BCUT2D eigenvalue weighted by atomic mass is 10.0. The van der Waals surface area contributed by atoms with E-state index in [0.29, 0.717) is 31.6 Å². The number of ether oxygens (including phenoxy) is 4. The van der Waals surface area contributed by atoms with Crippen LogP contribution < -0.4 is 0 Å². The van der Waals surface area contributed by atoms with Gasteiger partial charge < -0.3 is 33.8 Å². The zero-order valence-electron chi connectivity index (χ0n) is 58.6. The Balaban J connectivity index is 5.26. The number of allylic oxidation sites excluding steroid dienone is 4. The molecule has 0 radical (unpaired) electrons. The van der Waals surface area contributed by atoms with E-state index in [1.807, 2.05) is 0 Å². The summed E-state index contributed by atoms with van der Waals surface area (Å²) in [6.07, 6.45) is 52.3. The van der Waals surface area contributed by atoms with E-state index < -0.39 is 97.5 Å². The van der Waals surface area contributed by atoms with Crippen molar-refractivity contribution in [2.24, 2.45) is 11.8 Å². The van der Waals surface area contributed by atoms with E-state index in [2.05, 4.69) is 65.8 Å². The summed E-state index contributed by atoms with van der Waals surface area (Å²) in [5.74, 6) is -0.683. The molecule has 0 aliphatic carbocycles. The second-order valence-corrected chi connectivity index (χ2v) is 29.2. The highest BCUT2D eigenvalue weighted by molar-refractivity contribution is 7.47. The van der Waals surface area contributed by atoms with E-state index in [1.165, 1.54) is 135 Å². The lowest BCUT2D eigenvalue weighted by Gasteiger charge is -2.21. The number of carbonyl (C=O) groups is 4. The first kappa shape index (κ1) is 88.5. The molecule has 0 aromatic carbocycles. The van der Waals surface area contributed by atoms with Crippen molar-refractivity contribution >= 4 is 39.5 Å². The number of hydrogen-bond acceptors (Lipinski definition) is 15. The van der Waals surface area contributed by atoms with Gasteiger partial charge in [-0.3, -0.25) is 37.3 Å². The fraction of sp³-hybridized carbons (Fsp3) is 0.889. The highest BCUT2D eigenvalue weighted by Gasteiger charge is 2.30. The number of aliphatic hydroxyl groups excluding tert-OH is 1. The lowest BCUT2D eigenvalue weighted by Crippen LogP contribution is -2.30. The van der Waals surface area contributed by atoms with Gasteiger partial charge in [0.25, 0.3) is 0 Å². The molecule has 0 heterocycles. The average Bonchev–Trinajstić information content (AvgIpc) is 2.65. The van der Waals surface area contributed by atoms with Crippen LogP contribution in [0.25, 0.3) is 0 Å². The fourth-order valence-corrected chi connectivity index (χ4v) is 12.0. The van der Waals surface area contributed by atoms with Crippen LogP contribution in [0.1, 0.15) is 343 Å². The first-order valence-corrected chi connectivity index (χ1v) is 39.8. The van der Waals surface area contributed by atoms with Gasteiger partial charge >= 0.3 is 39.5 Å². The molecule has 3 N–H and O–H groups in total. The zero-order chi connectivity index (χ0) is 67.2. The molecule has 0 fully saturated rings. The summed E-state index contributed by atoms with van der Waals surface area (Å²) in [4.78, 5) is 72.5. The summed E-state index contributed by atoms with van der Waals surface area (Å²) in [5, 5.41) is 10.6. The van der Waals surface area contributed by atoms with E-state index in [0.717, 1.165) is 121 Å². The molecule has 17 nitrogen and oxygen atoms in total. The molecule has 0 amide bonds. The molecule has 5 atom stereocenters. The molecule has 0 saturated carbocycles. The fourth-order valence-electron chi connectivity index (χ4n) is 10.4. The second-order valence-electron chi connectivity index (χ2n) is 26.2. The third-order valence-corrected chi connectivity index (χ3v) is 18.0. The smallest absolute Gasteiger partial charge is 0.462 e. The molecule has 2 unspecified atom stereocenters. The van der Waals surface area contributed by atoms with Crippen LogP contribution in [0.4, 0.5) is 0 Å². The highest BCUT2D eigenvalue weighted by Crippen LogP contribution is 2.45. The minimum absolute atomic E-state index is 0.100. The molecule has 91 heavy (non-hydrogen) atoms. The Morgan fingerprint density at radius 2 is 0.593 bits per heavy atom. The number of carbonyl (C=O) groups excluding carboxylic acids is 4. The summed E-state index contributed by atoms with van der Waals surface area (Å²) in [5.41, 5.74) is 0. The quantitative estimate of drug-likeness (QED) is 0.0169. The molecule has 0 bridgehead atoms. The Hall–Kier alpha value is -2.46. The van der Waals surface area contributed by atoms with Gasteiger partial charge in [-0.25, -0.2) is 9.13 Å². The standard InChI is InChI=1S/C72H136O17P2/c1-7-9-11-13-15-17-19-20-21-25-28-32-35-42-48-54-69(74)82-60-67(88-72(77)57-51-45-37-33-29-26-23-22-24-27-30-34-40-46-52-64(3)4)62-86-90(78,79)84-58-66(73)59-85-91(80,81)87-63-68(61-83-70(75)55-49-43-39-38-41-47-53-65(5)6)89-71(76)56-50-44-36-31-18-16-14-12-10-8-2/h17,19-21,64-68,73H,7-16,18,22-63H2,1-6H3,(H,78,79)(H,80,81)/b19-17-,21-20-/t66-,67-,68-/m1/s1. The van der Waals surface area contributed by atoms with Gasteiger partial charge in [0.2, 0.25) is 0 Å². The largest absolute Gasteiger partial charge is 0.472 e.